The second-order valence-corrected chi connectivity index (χ2v) is 27.3. The maximum absolute atomic E-state index is 16.5. The number of aliphatic carboxylic acids is 1. The van der Waals surface area contributed by atoms with Crippen molar-refractivity contribution in [3.05, 3.63) is 143 Å². The molecule has 13 amide bonds. The zero-order valence-corrected chi connectivity index (χ0v) is 61.3. The van der Waals surface area contributed by atoms with Crippen LogP contribution in [0.1, 0.15) is 140 Å². The van der Waals surface area contributed by atoms with Gasteiger partial charge in [0.1, 0.15) is 59.8 Å². The molecular formula is C72H97N25O15. The number of nitrogens with one attached hydrogen (secondary N) is 13. The highest BCUT2D eigenvalue weighted by Gasteiger charge is 2.57. The smallest absolute Gasteiger partial charge is 0.305 e. The molecule has 0 aliphatic heterocycles. The number of carbonyl (C=O) groups excluding carboxylic acids is 13. The number of rotatable bonds is 49. The number of anilines is 3. The van der Waals surface area contributed by atoms with E-state index in [4.69, 9.17) is 51.6 Å². The normalized spacial score (nSPS) is 16.0. The zero-order chi connectivity index (χ0) is 81.3. The lowest BCUT2D eigenvalue weighted by Crippen LogP contribution is -2.56. The standard InChI is InChI=1S/C72H97N25O15/c73-17-4-1-7-48(65(106)95-51(62(79)103)27-57(76)98)92-68(109)54(24-39-30-82-33-86-39)89-36-10-13-42-45(21-36)72(71(112)85-20-16-60(101)102)46-22-37(90-55(25-40-31-83-34-87-40)69(110)93-49(8-2-5-18-74)66(107)96-52(63(80)104)28-58(77)99)11-14-43(46)61(42)44-15-12-38(23-47(44)72)91-56(26-41-32-84-35-88-41)70(111)94-50(9-3-6-19-75)67(108)97-53(64(81)105)29-59(78)100/h10-15,21-23,30-35,48-56,61,89-91H,1-9,16-20,24-29,73-75H2,(H2,76,98)(H2,77,99)(H2,78,100)(H2,79,103)(H2,80,104)(H2,81,105)(H,82,86)(H,83,87)(H,84,88)(H,85,112)(H,92,109)(H,93,110)(H,94,111)(H,95,106)(H,96,107)(H,97,108)(H,101,102)/t48-,49-,50-,51-,52-,53-,54-,55-,56-,61?,72?/m0/s1. The molecule has 2 bridgehead atoms. The molecular weight excluding hydrogens is 1450 g/mol. The highest BCUT2D eigenvalue weighted by molar-refractivity contribution is 6.03. The number of nitrogens with zero attached hydrogens (tertiary/aromatic N) is 3. The van der Waals surface area contributed by atoms with Gasteiger partial charge in [-0.3, -0.25) is 67.1 Å². The Balaban J connectivity index is 1.30. The molecule has 9 rings (SSSR count). The topological polar surface area (TPSA) is 700 Å². The number of benzene rings is 3. The number of H-pyrrole nitrogens is 3. The fourth-order valence-electron chi connectivity index (χ4n) is 13.6. The summed E-state index contributed by atoms with van der Waals surface area (Å²) in [7, 11) is 0. The number of amides is 13. The molecule has 0 fully saturated rings. The molecule has 9 atom stereocenters. The summed E-state index contributed by atoms with van der Waals surface area (Å²) in [5.74, 6) is -13.8. The second kappa shape index (κ2) is 40.0. The number of carbonyl (C=O) groups is 14. The van der Waals surface area contributed by atoms with Crippen molar-refractivity contribution in [1.29, 1.82) is 0 Å². The van der Waals surface area contributed by atoms with Gasteiger partial charge in [0.05, 0.1) is 61.7 Å². The van der Waals surface area contributed by atoms with Gasteiger partial charge in [0.2, 0.25) is 76.8 Å². The van der Waals surface area contributed by atoms with Gasteiger partial charge in [0, 0.05) is 67.4 Å². The van der Waals surface area contributed by atoms with Crippen LogP contribution in [0.4, 0.5) is 17.1 Å². The van der Waals surface area contributed by atoms with Crippen molar-refractivity contribution in [1.82, 2.24) is 67.1 Å². The molecule has 0 spiro atoms. The summed E-state index contributed by atoms with van der Waals surface area (Å²) < 4.78 is 0. The van der Waals surface area contributed by atoms with Gasteiger partial charge in [-0.2, -0.15) is 0 Å². The number of carboxylic acid groups (broad SMARTS) is 1. The van der Waals surface area contributed by atoms with Gasteiger partial charge in [0.25, 0.3) is 0 Å². The van der Waals surface area contributed by atoms with Crippen LogP contribution in [0.3, 0.4) is 0 Å². The van der Waals surface area contributed by atoms with E-state index in [1.165, 1.54) is 37.6 Å². The molecule has 0 saturated heterocycles. The zero-order valence-electron chi connectivity index (χ0n) is 61.3. The first kappa shape index (κ1) is 84.8. The Morgan fingerprint density at radius 3 is 0.938 bits per heavy atom. The number of aromatic amines is 3. The van der Waals surface area contributed by atoms with Crippen LogP contribution >= 0.6 is 0 Å². The van der Waals surface area contributed by atoms with E-state index in [0.29, 0.717) is 72.3 Å². The molecule has 3 heterocycles. The number of aromatic nitrogens is 6. The highest BCUT2D eigenvalue weighted by atomic mass is 16.4. The van der Waals surface area contributed by atoms with Crippen LogP contribution in [0.2, 0.25) is 0 Å². The minimum Gasteiger partial charge on any atom is -0.481 e. The average Bonchev–Trinajstić information content (AvgIpc) is 0.737. The molecule has 600 valence electrons. The van der Waals surface area contributed by atoms with E-state index in [9.17, 15) is 53.1 Å². The third-order valence-electron chi connectivity index (χ3n) is 19.1. The predicted octanol–water partition coefficient (Wildman–Crippen LogP) is -4.96. The Labute approximate surface area is 641 Å². The molecule has 0 unspecified atom stereocenters. The van der Waals surface area contributed by atoms with Crippen molar-refractivity contribution >= 4 is 99.8 Å². The monoisotopic (exact) mass is 1550 g/mol. The largest absolute Gasteiger partial charge is 0.481 e. The quantitative estimate of drug-likeness (QED) is 0.0159. The number of primary amides is 6. The van der Waals surface area contributed by atoms with E-state index in [0.717, 1.165) is 0 Å². The summed E-state index contributed by atoms with van der Waals surface area (Å²) in [6, 6.07) is 2.53. The number of hydrogen-bond acceptors (Lipinski definition) is 23. The number of unbranched alkanes of at least 4 members (excludes halogenated alkanes) is 3. The van der Waals surface area contributed by atoms with Gasteiger partial charge in [0.15, 0.2) is 0 Å². The Hall–Kier alpha value is -12.8. The molecule has 3 aromatic carbocycles. The molecule has 6 aromatic rings. The molecule has 112 heavy (non-hydrogen) atoms. The summed E-state index contributed by atoms with van der Waals surface area (Å²) in [6.45, 7) is 0.223. The van der Waals surface area contributed by atoms with Gasteiger partial charge in [-0.15, -0.1) is 0 Å². The van der Waals surface area contributed by atoms with Gasteiger partial charge in [-0.25, -0.2) is 15.0 Å². The number of imidazole rings is 3. The maximum Gasteiger partial charge on any atom is 0.305 e. The van der Waals surface area contributed by atoms with Crippen LogP contribution in [0, 0.1) is 0 Å². The Kier molecular flexibility index (Phi) is 30.3. The maximum atomic E-state index is 16.5. The molecule has 0 saturated carbocycles. The van der Waals surface area contributed by atoms with E-state index in [1.807, 2.05) is 0 Å². The summed E-state index contributed by atoms with van der Waals surface area (Å²) in [4.78, 5) is 212. The molecule has 40 heteroatoms. The Morgan fingerprint density at radius 2 is 0.688 bits per heavy atom. The number of hydrogen-bond donors (Lipinski definition) is 23. The van der Waals surface area contributed by atoms with Crippen molar-refractivity contribution in [3.8, 4) is 0 Å². The van der Waals surface area contributed by atoms with Gasteiger partial charge < -0.3 is 125 Å². The van der Waals surface area contributed by atoms with Crippen molar-refractivity contribution in [2.45, 2.75) is 168 Å². The minimum atomic E-state index is -2.11. The predicted molar refractivity (Wildman–Crippen MR) is 404 cm³/mol. The summed E-state index contributed by atoms with van der Waals surface area (Å²) in [5, 5.41) is 38.6. The van der Waals surface area contributed by atoms with Crippen LogP contribution < -0.4 is 105 Å². The van der Waals surface area contributed by atoms with Crippen molar-refractivity contribution in [3.63, 3.8) is 0 Å². The SMILES string of the molecule is NCCCC[C@H](NC(=O)[C@H](Cc1c[nH]cn1)Nc1ccc2c(c1)C1(C(=O)NCCC(=O)O)c3cc(N[C@@H](Cc4c[nH]cn4)C(=O)N[C@@H](CCCCN)C(=O)N[C@@H](CC(N)=O)C(N)=O)ccc3C2c2ccc(N[C@@H](Cc3c[nH]cn3)C(=O)N[C@@H](CCCCN)C(=O)N[C@@H](CC(N)=O)C(N)=O)cc21)C(=O)N[C@@H](CC(N)=O)C(N)=O. The lowest BCUT2D eigenvalue weighted by molar-refractivity contribution is -0.137. The molecule has 3 aromatic heterocycles. The van der Waals surface area contributed by atoms with Gasteiger partial charge in [-0.05, 0) is 147 Å². The van der Waals surface area contributed by atoms with Crippen molar-refractivity contribution in [2.75, 3.05) is 42.1 Å². The van der Waals surface area contributed by atoms with E-state index in [2.05, 4.69) is 83.1 Å². The van der Waals surface area contributed by atoms with Crippen LogP contribution in [-0.4, -0.2) is 198 Å². The summed E-state index contributed by atoms with van der Waals surface area (Å²) in [5.41, 5.74) is 52.4. The fraction of sp³-hybridized carbons (Fsp3) is 0.431. The van der Waals surface area contributed by atoms with Crippen LogP contribution in [0.5, 0.6) is 0 Å². The lowest BCUT2D eigenvalue weighted by Gasteiger charge is -2.50. The second-order valence-electron chi connectivity index (χ2n) is 27.3. The van der Waals surface area contributed by atoms with Crippen LogP contribution in [0.25, 0.3) is 0 Å². The average molecular weight is 1550 g/mol. The van der Waals surface area contributed by atoms with Gasteiger partial charge in [-0.1, -0.05) is 18.2 Å². The van der Waals surface area contributed by atoms with Crippen LogP contribution in [0.15, 0.2) is 92.2 Å². The van der Waals surface area contributed by atoms with E-state index >= 15 is 19.2 Å². The third-order valence-corrected chi connectivity index (χ3v) is 19.1. The molecule has 32 N–H and O–H groups in total. The highest BCUT2D eigenvalue weighted by Crippen LogP contribution is 2.60. The third kappa shape index (κ3) is 22.4. The summed E-state index contributed by atoms with van der Waals surface area (Å²) >= 11 is 0. The Bertz CT molecular complexity index is 3960. The molecule has 40 nitrogen and oxygen atoms in total. The van der Waals surface area contributed by atoms with Crippen LogP contribution in [-0.2, 0) is 91.8 Å². The lowest BCUT2D eigenvalue weighted by atomic mass is 9.52. The van der Waals surface area contributed by atoms with E-state index < -0.39 is 181 Å². The first-order valence-electron chi connectivity index (χ1n) is 36.4. The first-order chi connectivity index (χ1) is 53.5. The molecule has 0 radical (unpaired) electrons. The molecule has 3 aliphatic rings. The van der Waals surface area contributed by atoms with E-state index in [-0.39, 0.29) is 91.9 Å². The number of nitrogens with two attached hydrogens (primary N) is 9. The fourth-order valence-corrected chi connectivity index (χ4v) is 13.6. The van der Waals surface area contributed by atoms with E-state index in [1.54, 1.807) is 54.6 Å². The van der Waals surface area contributed by atoms with Crippen molar-refractivity contribution in [2.24, 2.45) is 51.6 Å². The van der Waals surface area contributed by atoms with Gasteiger partial charge >= 0.3 is 5.97 Å². The van der Waals surface area contributed by atoms with Crippen molar-refractivity contribution < 1.29 is 72.2 Å². The summed E-state index contributed by atoms with van der Waals surface area (Å²) in [6.07, 6.45) is 7.97. The first-order valence-corrected chi connectivity index (χ1v) is 36.4. The number of carboxylic acids is 1. The Morgan fingerprint density at radius 1 is 0.402 bits per heavy atom. The molecule has 3 aliphatic carbocycles. The minimum absolute atomic E-state index is 0.00216.